The Bertz CT molecular complexity index is 764. The van der Waals surface area contributed by atoms with Crippen LogP contribution in [0.5, 0.6) is 11.6 Å². The Morgan fingerprint density at radius 3 is 2.43 bits per heavy atom. The minimum Gasteiger partial charge on any atom is -0.437 e. The molecule has 0 bridgehead atoms. The average molecular weight is 290 g/mol. The van der Waals surface area contributed by atoms with Gasteiger partial charge in [0.25, 0.3) is 0 Å². The van der Waals surface area contributed by atoms with Crippen LogP contribution in [0.15, 0.2) is 54.9 Å². The van der Waals surface area contributed by atoms with Crippen molar-refractivity contribution in [2.45, 2.75) is 6.18 Å². The van der Waals surface area contributed by atoms with Gasteiger partial charge in [0, 0.05) is 23.8 Å². The van der Waals surface area contributed by atoms with Crippen molar-refractivity contribution in [3.63, 3.8) is 0 Å². The summed E-state index contributed by atoms with van der Waals surface area (Å²) in [5.74, 6) is 0.529. The van der Waals surface area contributed by atoms with E-state index in [1.54, 1.807) is 24.4 Å². The van der Waals surface area contributed by atoms with Crippen molar-refractivity contribution < 1.29 is 17.9 Å². The van der Waals surface area contributed by atoms with Crippen LogP contribution in [0.25, 0.3) is 10.9 Å². The van der Waals surface area contributed by atoms with E-state index in [0.29, 0.717) is 11.3 Å². The Balaban J connectivity index is 1.92. The molecule has 3 nitrogen and oxygen atoms in total. The molecule has 3 rings (SSSR count). The van der Waals surface area contributed by atoms with Gasteiger partial charge in [-0.05, 0) is 18.2 Å². The zero-order valence-electron chi connectivity index (χ0n) is 10.6. The van der Waals surface area contributed by atoms with Gasteiger partial charge in [0.05, 0.1) is 5.56 Å². The normalized spacial score (nSPS) is 11.6. The maximum Gasteiger partial charge on any atom is 0.417 e. The fourth-order valence-electron chi connectivity index (χ4n) is 1.88. The highest BCUT2D eigenvalue weighted by molar-refractivity contribution is 5.84. The number of halogens is 3. The van der Waals surface area contributed by atoms with E-state index in [1.165, 1.54) is 6.07 Å². The van der Waals surface area contributed by atoms with Gasteiger partial charge in [-0.2, -0.15) is 13.2 Å². The molecule has 0 aliphatic rings. The lowest BCUT2D eigenvalue weighted by atomic mass is 10.2. The maximum absolute atomic E-state index is 12.5. The predicted octanol–water partition coefficient (Wildman–Crippen LogP) is 4.44. The number of alkyl halides is 3. The lowest BCUT2D eigenvalue weighted by Gasteiger charge is -2.09. The number of aromatic nitrogens is 2. The number of rotatable bonds is 2. The Kier molecular flexibility index (Phi) is 3.21. The summed E-state index contributed by atoms with van der Waals surface area (Å²) in [5, 5.41) is 0.877. The Labute approximate surface area is 118 Å². The van der Waals surface area contributed by atoms with Gasteiger partial charge in [0.15, 0.2) is 5.75 Å². The van der Waals surface area contributed by atoms with Gasteiger partial charge in [-0.3, -0.25) is 4.98 Å². The Morgan fingerprint density at radius 1 is 0.905 bits per heavy atom. The number of ether oxygens (including phenoxy) is 1. The summed E-state index contributed by atoms with van der Waals surface area (Å²) in [6.45, 7) is 0. The molecule has 0 atom stereocenters. The summed E-state index contributed by atoms with van der Waals surface area (Å²) in [4.78, 5) is 7.88. The van der Waals surface area contributed by atoms with E-state index >= 15 is 0 Å². The molecular weight excluding hydrogens is 281 g/mol. The van der Waals surface area contributed by atoms with Crippen LogP contribution in [0.1, 0.15) is 5.56 Å². The van der Waals surface area contributed by atoms with Gasteiger partial charge in [0.2, 0.25) is 5.88 Å². The molecule has 0 amide bonds. The van der Waals surface area contributed by atoms with Crippen molar-refractivity contribution in [2.75, 3.05) is 0 Å². The van der Waals surface area contributed by atoms with Crippen molar-refractivity contribution in [1.82, 2.24) is 9.97 Å². The smallest absolute Gasteiger partial charge is 0.417 e. The molecule has 0 aliphatic heterocycles. The first-order valence-electron chi connectivity index (χ1n) is 6.09. The van der Waals surface area contributed by atoms with Crippen LogP contribution < -0.4 is 4.74 Å². The molecule has 0 spiro atoms. The summed E-state index contributed by atoms with van der Waals surface area (Å²) in [6, 6.07) is 11.1. The molecule has 2 heterocycles. The Hall–Kier alpha value is -2.63. The number of fused-ring (bicyclic) bond motifs is 1. The zero-order valence-corrected chi connectivity index (χ0v) is 10.6. The standard InChI is InChI=1S/C15H9F3N2O/c16-15(17,18)11-6-7-13(20-9-11)21-12-5-1-3-10-4-2-8-19-14(10)12/h1-9H. The van der Waals surface area contributed by atoms with Crippen LogP contribution in [-0.4, -0.2) is 9.97 Å². The number of nitrogens with zero attached hydrogens (tertiary/aromatic N) is 2. The predicted molar refractivity (Wildman–Crippen MR) is 71.1 cm³/mol. The van der Waals surface area contributed by atoms with Crippen molar-refractivity contribution in [2.24, 2.45) is 0 Å². The molecule has 0 N–H and O–H groups in total. The summed E-state index contributed by atoms with van der Waals surface area (Å²) < 4.78 is 42.9. The van der Waals surface area contributed by atoms with E-state index in [9.17, 15) is 13.2 Å². The van der Waals surface area contributed by atoms with E-state index in [-0.39, 0.29) is 5.88 Å². The minimum absolute atomic E-state index is 0.0844. The highest BCUT2D eigenvalue weighted by Crippen LogP contribution is 2.31. The summed E-state index contributed by atoms with van der Waals surface area (Å²) >= 11 is 0. The fourth-order valence-corrected chi connectivity index (χ4v) is 1.88. The third kappa shape index (κ3) is 2.79. The summed E-state index contributed by atoms with van der Waals surface area (Å²) in [7, 11) is 0. The van der Waals surface area contributed by atoms with Gasteiger partial charge in [0.1, 0.15) is 5.52 Å². The lowest BCUT2D eigenvalue weighted by Crippen LogP contribution is -2.05. The topological polar surface area (TPSA) is 35.0 Å². The third-order valence-corrected chi connectivity index (χ3v) is 2.87. The molecule has 0 saturated heterocycles. The molecule has 106 valence electrons. The van der Waals surface area contributed by atoms with Crippen LogP contribution in [-0.2, 0) is 6.18 Å². The molecule has 0 fully saturated rings. The van der Waals surface area contributed by atoms with E-state index in [0.717, 1.165) is 17.6 Å². The summed E-state index contributed by atoms with van der Waals surface area (Å²) in [6.07, 6.45) is -2.05. The van der Waals surface area contributed by atoms with Crippen molar-refractivity contribution in [3.05, 3.63) is 60.4 Å². The summed E-state index contributed by atoms with van der Waals surface area (Å²) in [5.41, 5.74) is -0.187. The monoisotopic (exact) mass is 290 g/mol. The second-order valence-electron chi connectivity index (χ2n) is 4.32. The number of hydrogen-bond acceptors (Lipinski definition) is 3. The van der Waals surface area contributed by atoms with E-state index in [1.807, 2.05) is 12.1 Å². The largest absolute Gasteiger partial charge is 0.437 e. The second kappa shape index (κ2) is 5.05. The second-order valence-corrected chi connectivity index (χ2v) is 4.32. The van der Waals surface area contributed by atoms with Gasteiger partial charge in [-0.25, -0.2) is 4.98 Å². The van der Waals surface area contributed by atoms with E-state index < -0.39 is 11.7 Å². The molecule has 2 aromatic heterocycles. The number of pyridine rings is 2. The first kappa shape index (κ1) is 13.4. The molecule has 0 radical (unpaired) electrons. The van der Waals surface area contributed by atoms with Gasteiger partial charge >= 0.3 is 6.18 Å². The van der Waals surface area contributed by atoms with Crippen molar-refractivity contribution in [3.8, 4) is 11.6 Å². The number of hydrogen-bond donors (Lipinski definition) is 0. The van der Waals surface area contributed by atoms with Crippen LogP contribution in [0.3, 0.4) is 0 Å². The molecule has 0 saturated carbocycles. The molecule has 3 aromatic rings. The molecule has 0 unspecified atom stereocenters. The molecular formula is C15H9F3N2O. The fraction of sp³-hybridized carbons (Fsp3) is 0.0667. The maximum atomic E-state index is 12.5. The molecule has 6 heteroatoms. The van der Waals surface area contributed by atoms with Gasteiger partial charge < -0.3 is 4.74 Å². The van der Waals surface area contributed by atoms with Crippen molar-refractivity contribution in [1.29, 1.82) is 0 Å². The Morgan fingerprint density at radius 2 is 1.71 bits per heavy atom. The quantitative estimate of drug-likeness (QED) is 0.699. The zero-order chi connectivity index (χ0) is 14.9. The molecule has 0 aliphatic carbocycles. The van der Waals surface area contributed by atoms with Gasteiger partial charge in [-0.1, -0.05) is 18.2 Å². The van der Waals surface area contributed by atoms with Crippen LogP contribution >= 0.6 is 0 Å². The number of benzene rings is 1. The van der Waals surface area contributed by atoms with Crippen molar-refractivity contribution >= 4 is 10.9 Å². The lowest BCUT2D eigenvalue weighted by molar-refractivity contribution is -0.137. The highest BCUT2D eigenvalue weighted by atomic mass is 19.4. The van der Waals surface area contributed by atoms with Crippen LogP contribution in [0, 0.1) is 0 Å². The van der Waals surface area contributed by atoms with Crippen LogP contribution in [0.4, 0.5) is 13.2 Å². The first-order valence-corrected chi connectivity index (χ1v) is 6.09. The first-order chi connectivity index (χ1) is 10.0. The molecule has 1 aromatic carbocycles. The SMILES string of the molecule is FC(F)(F)c1ccc(Oc2cccc3cccnc23)nc1. The van der Waals surface area contributed by atoms with Gasteiger partial charge in [-0.15, -0.1) is 0 Å². The minimum atomic E-state index is -4.41. The van der Waals surface area contributed by atoms with E-state index in [4.69, 9.17) is 4.74 Å². The highest BCUT2D eigenvalue weighted by Gasteiger charge is 2.30. The van der Waals surface area contributed by atoms with Crippen LogP contribution in [0.2, 0.25) is 0 Å². The third-order valence-electron chi connectivity index (χ3n) is 2.87. The average Bonchev–Trinajstić information content (AvgIpc) is 2.47. The molecule has 21 heavy (non-hydrogen) atoms. The number of para-hydroxylation sites is 1. The van der Waals surface area contributed by atoms with E-state index in [2.05, 4.69) is 9.97 Å².